The number of carboxylic acid groups (broad SMARTS) is 1. The summed E-state index contributed by atoms with van der Waals surface area (Å²) < 4.78 is 0. The predicted octanol–water partition coefficient (Wildman–Crippen LogP) is 0.277. The minimum Gasteiger partial charge on any atom is -0.477 e. The quantitative estimate of drug-likeness (QED) is 0.794. The molecule has 7 nitrogen and oxygen atoms in total. The van der Waals surface area contributed by atoms with Crippen molar-refractivity contribution >= 4 is 23.4 Å². The minimum absolute atomic E-state index is 0.0973. The third-order valence-corrected chi connectivity index (χ3v) is 2.63. The number of nitrogen functional groups attached to an aromatic ring is 1. The fraction of sp³-hybridized carbons (Fsp3) is 0.417. The third-order valence-electron chi connectivity index (χ3n) is 2.63. The van der Waals surface area contributed by atoms with E-state index in [9.17, 15) is 9.59 Å². The lowest BCUT2D eigenvalue weighted by molar-refractivity contribution is -0.127. The largest absolute Gasteiger partial charge is 0.477 e. The highest BCUT2D eigenvalue weighted by Crippen LogP contribution is 2.20. The van der Waals surface area contributed by atoms with Crippen LogP contribution in [0.3, 0.4) is 0 Å². The van der Waals surface area contributed by atoms with Gasteiger partial charge < -0.3 is 20.6 Å². The molecule has 0 aromatic carbocycles. The summed E-state index contributed by atoms with van der Waals surface area (Å²) in [6.07, 6.45) is 0. The molecule has 1 amide bonds. The Morgan fingerprint density at radius 3 is 2.47 bits per heavy atom. The van der Waals surface area contributed by atoms with Crippen molar-refractivity contribution in [3.05, 3.63) is 17.8 Å². The first-order valence-electron chi connectivity index (χ1n) is 5.81. The molecule has 0 atom stereocenters. The van der Waals surface area contributed by atoms with Gasteiger partial charge in [-0.15, -0.1) is 0 Å². The maximum atomic E-state index is 11.7. The zero-order valence-corrected chi connectivity index (χ0v) is 11.3. The molecule has 3 N–H and O–H groups in total. The van der Waals surface area contributed by atoms with Gasteiger partial charge in [-0.3, -0.25) is 4.79 Å². The van der Waals surface area contributed by atoms with Crippen LogP contribution >= 0.6 is 0 Å². The predicted molar refractivity (Wildman–Crippen MR) is 72.2 cm³/mol. The lowest BCUT2D eigenvalue weighted by atomic mass is 10.3. The van der Waals surface area contributed by atoms with Crippen LogP contribution in [0.1, 0.15) is 17.4 Å². The van der Waals surface area contributed by atoms with E-state index < -0.39 is 5.97 Å². The normalized spacial score (nSPS) is 10.1. The summed E-state index contributed by atoms with van der Waals surface area (Å²) in [4.78, 5) is 29.7. The van der Waals surface area contributed by atoms with E-state index in [1.807, 2.05) is 6.92 Å². The Balaban J connectivity index is 3.07. The summed E-state index contributed by atoms with van der Waals surface area (Å²) in [6.45, 7) is 2.45. The number of rotatable bonds is 5. The van der Waals surface area contributed by atoms with Crippen molar-refractivity contribution < 1.29 is 14.7 Å². The average molecular weight is 266 g/mol. The molecule has 0 aliphatic heterocycles. The van der Waals surface area contributed by atoms with Gasteiger partial charge in [0.2, 0.25) is 5.91 Å². The van der Waals surface area contributed by atoms with Crippen LogP contribution in [0.25, 0.3) is 0 Å². The molecular formula is C12H18N4O3. The summed E-state index contributed by atoms with van der Waals surface area (Å²) >= 11 is 0. The van der Waals surface area contributed by atoms with Crippen molar-refractivity contribution in [2.24, 2.45) is 0 Å². The van der Waals surface area contributed by atoms with Crippen molar-refractivity contribution in [3.63, 3.8) is 0 Å². The van der Waals surface area contributed by atoms with Crippen LogP contribution in [0, 0.1) is 0 Å². The molecule has 19 heavy (non-hydrogen) atoms. The first-order valence-corrected chi connectivity index (χ1v) is 5.81. The number of carbonyl (C=O) groups is 2. The highest BCUT2D eigenvalue weighted by molar-refractivity contribution is 5.87. The highest BCUT2D eigenvalue weighted by Gasteiger charge is 2.17. The van der Waals surface area contributed by atoms with Gasteiger partial charge >= 0.3 is 5.97 Å². The summed E-state index contributed by atoms with van der Waals surface area (Å²) in [5.41, 5.74) is 6.04. The van der Waals surface area contributed by atoms with Crippen molar-refractivity contribution in [1.29, 1.82) is 0 Å². The summed E-state index contributed by atoms with van der Waals surface area (Å²) in [5.74, 6) is -0.919. The number of aromatic carboxylic acids is 1. The van der Waals surface area contributed by atoms with Gasteiger partial charge in [-0.2, -0.15) is 0 Å². The summed E-state index contributed by atoms with van der Waals surface area (Å²) in [7, 11) is 3.31. The number of aromatic nitrogens is 1. The maximum absolute atomic E-state index is 11.7. The lowest BCUT2D eigenvalue weighted by Crippen LogP contribution is -2.37. The van der Waals surface area contributed by atoms with Gasteiger partial charge in [0.15, 0.2) is 11.5 Å². The summed E-state index contributed by atoms with van der Waals surface area (Å²) in [5, 5.41) is 8.93. The van der Waals surface area contributed by atoms with E-state index in [-0.39, 0.29) is 18.1 Å². The molecule has 0 saturated carbocycles. The fourth-order valence-corrected chi connectivity index (χ4v) is 1.47. The van der Waals surface area contributed by atoms with Gasteiger partial charge in [0.1, 0.15) is 0 Å². The van der Waals surface area contributed by atoms with E-state index in [1.165, 1.54) is 17.0 Å². The van der Waals surface area contributed by atoms with Gasteiger partial charge in [-0.1, -0.05) is 0 Å². The smallest absolute Gasteiger partial charge is 0.354 e. The molecule has 0 spiro atoms. The van der Waals surface area contributed by atoms with Gasteiger partial charge in [-0.25, -0.2) is 9.78 Å². The van der Waals surface area contributed by atoms with Crippen LogP contribution in [-0.4, -0.2) is 54.1 Å². The minimum atomic E-state index is -1.13. The van der Waals surface area contributed by atoms with Crippen LogP contribution in [-0.2, 0) is 4.79 Å². The standard InChI is InChI=1S/C12H18N4O3/c1-4-16(7-10(17)15(2)3)11-8(13)5-6-9(14-11)12(18)19/h5-6H,4,7,13H2,1-3H3,(H,18,19). The molecule has 0 aliphatic carbocycles. The number of hydrogen-bond acceptors (Lipinski definition) is 5. The van der Waals surface area contributed by atoms with E-state index in [4.69, 9.17) is 10.8 Å². The van der Waals surface area contributed by atoms with Crippen molar-refractivity contribution in [1.82, 2.24) is 9.88 Å². The number of anilines is 2. The first-order chi connectivity index (χ1) is 8.86. The number of carbonyl (C=O) groups excluding carboxylic acids is 1. The van der Waals surface area contributed by atoms with Crippen LogP contribution in [0.2, 0.25) is 0 Å². The molecule has 7 heteroatoms. The number of carboxylic acids is 1. The Hall–Kier alpha value is -2.31. The SMILES string of the molecule is CCN(CC(=O)N(C)C)c1nc(C(=O)O)ccc1N. The molecule has 1 heterocycles. The first kappa shape index (κ1) is 14.7. The molecule has 1 aromatic rings. The van der Waals surface area contributed by atoms with E-state index in [1.54, 1.807) is 19.0 Å². The van der Waals surface area contributed by atoms with Crippen molar-refractivity contribution in [2.75, 3.05) is 37.8 Å². The Morgan fingerprint density at radius 2 is 2.00 bits per heavy atom. The highest BCUT2D eigenvalue weighted by atomic mass is 16.4. The van der Waals surface area contributed by atoms with Crippen molar-refractivity contribution in [3.8, 4) is 0 Å². The Labute approximate surface area is 111 Å². The monoisotopic (exact) mass is 266 g/mol. The Bertz CT molecular complexity index is 488. The van der Waals surface area contributed by atoms with E-state index in [2.05, 4.69) is 4.98 Å². The number of hydrogen-bond donors (Lipinski definition) is 2. The number of amides is 1. The van der Waals surface area contributed by atoms with Crippen LogP contribution in [0.15, 0.2) is 12.1 Å². The van der Waals surface area contributed by atoms with Crippen LogP contribution in [0.5, 0.6) is 0 Å². The number of likely N-dealkylation sites (N-methyl/N-ethyl adjacent to an activating group) is 2. The third kappa shape index (κ3) is 3.57. The Kier molecular flexibility index (Phi) is 4.68. The molecule has 1 rings (SSSR count). The van der Waals surface area contributed by atoms with Gasteiger partial charge in [-0.05, 0) is 19.1 Å². The molecular weight excluding hydrogens is 248 g/mol. The number of pyridine rings is 1. The molecule has 1 aromatic heterocycles. The Morgan fingerprint density at radius 1 is 1.37 bits per heavy atom. The number of nitrogens with zero attached hydrogens (tertiary/aromatic N) is 3. The topological polar surface area (TPSA) is 99.8 Å². The van der Waals surface area contributed by atoms with Crippen LogP contribution in [0.4, 0.5) is 11.5 Å². The molecule has 0 radical (unpaired) electrons. The second-order valence-corrected chi connectivity index (χ2v) is 4.22. The zero-order chi connectivity index (χ0) is 14.6. The van der Waals surface area contributed by atoms with Gasteiger partial charge in [0, 0.05) is 20.6 Å². The summed E-state index contributed by atoms with van der Waals surface area (Å²) in [6, 6.07) is 2.82. The average Bonchev–Trinajstić information content (AvgIpc) is 2.36. The maximum Gasteiger partial charge on any atom is 0.354 e. The van der Waals surface area contributed by atoms with E-state index >= 15 is 0 Å². The zero-order valence-electron chi connectivity index (χ0n) is 11.3. The van der Waals surface area contributed by atoms with E-state index in [0.717, 1.165) is 0 Å². The molecule has 0 saturated heterocycles. The molecule has 0 bridgehead atoms. The van der Waals surface area contributed by atoms with E-state index in [0.29, 0.717) is 18.1 Å². The fourth-order valence-electron chi connectivity index (χ4n) is 1.47. The number of nitrogens with two attached hydrogens (primary N) is 1. The molecule has 0 aliphatic rings. The van der Waals surface area contributed by atoms with Gasteiger partial charge in [0.25, 0.3) is 0 Å². The molecule has 104 valence electrons. The van der Waals surface area contributed by atoms with Crippen molar-refractivity contribution in [2.45, 2.75) is 6.92 Å². The van der Waals surface area contributed by atoms with Crippen LogP contribution < -0.4 is 10.6 Å². The second kappa shape index (κ2) is 6.03. The second-order valence-electron chi connectivity index (χ2n) is 4.22. The van der Waals surface area contributed by atoms with Gasteiger partial charge in [0.05, 0.1) is 12.2 Å². The molecule has 0 fully saturated rings. The lowest BCUT2D eigenvalue weighted by Gasteiger charge is -2.24. The molecule has 0 unspecified atom stereocenters.